The van der Waals surface area contributed by atoms with Crippen LogP contribution >= 0.6 is 11.3 Å². The van der Waals surface area contributed by atoms with Gasteiger partial charge in [0.1, 0.15) is 0 Å². The molecular weight excluding hydrogens is 166 g/mol. The van der Waals surface area contributed by atoms with Crippen LogP contribution in [0.3, 0.4) is 0 Å². The second-order valence-corrected chi connectivity index (χ2v) is 5.08. The highest BCUT2D eigenvalue weighted by Gasteiger charge is 2.08. The van der Waals surface area contributed by atoms with Crippen LogP contribution in [0, 0.1) is 5.41 Å². The lowest BCUT2D eigenvalue weighted by Crippen LogP contribution is -2.26. The van der Waals surface area contributed by atoms with E-state index in [9.17, 15) is 0 Å². The van der Waals surface area contributed by atoms with Gasteiger partial charge in [-0.3, -0.25) is 0 Å². The van der Waals surface area contributed by atoms with Crippen LogP contribution in [0.25, 0.3) is 0 Å². The van der Waals surface area contributed by atoms with Crippen molar-refractivity contribution in [2.24, 2.45) is 5.41 Å². The Morgan fingerprint density at radius 2 is 2.17 bits per heavy atom. The Kier molecular flexibility index (Phi) is 3.29. The van der Waals surface area contributed by atoms with Gasteiger partial charge in [-0.25, -0.2) is 0 Å². The summed E-state index contributed by atoms with van der Waals surface area (Å²) in [4.78, 5) is 0. The average Bonchev–Trinajstić information content (AvgIpc) is 2.36. The zero-order valence-electron chi connectivity index (χ0n) is 8.05. The molecule has 0 aliphatic carbocycles. The highest BCUT2D eigenvalue weighted by atomic mass is 32.1. The predicted octanol–water partition coefficient (Wildman–Crippen LogP) is 2.88. The van der Waals surface area contributed by atoms with Crippen LogP contribution in [0.5, 0.6) is 0 Å². The third kappa shape index (κ3) is 3.88. The van der Waals surface area contributed by atoms with E-state index in [0.717, 1.165) is 13.1 Å². The van der Waals surface area contributed by atoms with Gasteiger partial charge in [-0.2, -0.15) is 11.3 Å². The van der Waals surface area contributed by atoms with Crippen molar-refractivity contribution in [3.8, 4) is 0 Å². The zero-order chi connectivity index (χ0) is 9.03. The second-order valence-electron chi connectivity index (χ2n) is 4.30. The molecule has 1 aromatic rings. The molecule has 0 amide bonds. The minimum atomic E-state index is 0.385. The Morgan fingerprint density at radius 1 is 1.42 bits per heavy atom. The fraction of sp³-hybridized carbons (Fsp3) is 0.600. The Balaban J connectivity index is 2.20. The number of hydrogen-bond acceptors (Lipinski definition) is 2. The van der Waals surface area contributed by atoms with Gasteiger partial charge in [0.05, 0.1) is 0 Å². The summed E-state index contributed by atoms with van der Waals surface area (Å²) in [6.45, 7) is 8.80. The molecule has 0 radical (unpaired) electrons. The molecule has 1 rings (SSSR count). The lowest BCUT2D eigenvalue weighted by molar-refractivity contribution is 0.379. The molecule has 0 atom stereocenters. The van der Waals surface area contributed by atoms with Crippen LogP contribution in [-0.4, -0.2) is 6.54 Å². The van der Waals surface area contributed by atoms with E-state index in [-0.39, 0.29) is 0 Å². The first-order chi connectivity index (χ1) is 5.58. The maximum absolute atomic E-state index is 3.43. The average molecular weight is 183 g/mol. The number of rotatable bonds is 3. The summed E-state index contributed by atoms with van der Waals surface area (Å²) in [5, 5.41) is 7.74. The summed E-state index contributed by atoms with van der Waals surface area (Å²) in [5.74, 6) is 0. The van der Waals surface area contributed by atoms with Crippen molar-refractivity contribution in [3.63, 3.8) is 0 Å². The van der Waals surface area contributed by atoms with Crippen LogP contribution in [-0.2, 0) is 6.54 Å². The molecule has 0 aliphatic rings. The summed E-state index contributed by atoms with van der Waals surface area (Å²) in [6, 6.07) is 2.17. The maximum Gasteiger partial charge on any atom is 0.0213 e. The molecular formula is C10H17NS. The SMILES string of the molecule is CC(C)(C)CNCc1ccsc1. The first-order valence-electron chi connectivity index (χ1n) is 4.30. The van der Waals surface area contributed by atoms with Crippen LogP contribution in [0.2, 0.25) is 0 Å². The number of hydrogen-bond donors (Lipinski definition) is 1. The molecule has 0 aromatic carbocycles. The van der Waals surface area contributed by atoms with Gasteiger partial charge in [0.2, 0.25) is 0 Å². The molecule has 0 bridgehead atoms. The molecule has 0 saturated carbocycles. The summed E-state index contributed by atoms with van der Waals surface area (Å²) in [7, 11) is 0. The summed E-state index contributed by atoms with van der Waals surface area (Å²) in [5.41, 5.74) is 1.78. The van der Waals surface area contributed by atoms with E-state index in [1.54, 1.807) is 11.3 Å². The van der Waals surface area contributed by atoms with Crippen LogP contribution < -0.4 is 5.32 Å². The molecule has 0 unspecified atom stereocenters. The molecule has 2 heteroatoms. The minimum absolute atomic E-state index is 0.385. The summed E-state index contributed by atoms with van der Waals surface area (Å²) in [6.07, 6.45) is 0. The molecule has 1 aromatic heterocycles. The van der Waals surface area contributed by atoms with Gasteiger partial charge < -0.3 is 5.32 Å². The number of nitrogens with one attached hydrogen (secondary N) is 1. The van der Waals surface area contributed by atoms with Crippen LogP contribution in [0.1, 0.15) is 26.3 Å². The smallest absolute Gasteiger partial charge is 0.0213 e. The van der Waals surface area contributed by atoms with E-state index in [1.165, 1.54) is 5.56 Å². The van der Waals surface area contributed by atoms with Crippen LogP contribution in [0.15, 0.2) is 16.8 Å². The topological polar surface area (TPSA) is 12.0 Å². The van der Waals surface area contributed by atoms with Crippen LogP contribution in [0.4, 0.5) is 0 Å². The quantitative estimate of drug-likeness (QED) is 0.760. The van der Waals surface area contributed by atoms with E-state index < -0.39 is 0 Å². The monoisotopic (exact) mass is 183 g/mol. The fourth-order valence-electron chi connectivity index (χ4n) is 0.975. The largest absolute Gasteiger partial charge is 0.312 e. The highest BCUT2D eigenvalue weighted by Crippen LogP contribution is 2.11. The Morgan fingerprint density at radius 3 is 2.67 bits per heavy atom. The summed E-state index contributed by atoms with van der Waals surface area (Å²) < 4.78 is 0. The summed E-state index contributed by atoms with van der Waals surface area (Å²) >= 11 is 1.76. The number of thiophene rings is 1. The lowest BCUT2D eigenvalue weighted by Gasteiger charge is -2.18. The molecule has 12 heavy (non-hydrogen) atoms. The third-order valence-corrected chi connectivity index (χ3v) is 2.30. The standard InChI is InChI=1S/C10H17NS/c1-10(2,3)8-11-6-9-4-5-12-7-9/h4-5,7,11H,6,8H2,1-3H3. The molecule has 0 aliphatic heterocycles. The van der Waals surface area contributed by atoms with E-state index in [1.807, 2.05) is 0 Å². The van der Waals surface area contributed by atoms with Crippen molar-refractivity contribution in [3.05, 3.63) is 22.4 Å². The second kappa shape index (κ2) is 4.06. The first-order valence-corrected chi connectivity index (χ1v) is 5.24. The molecule has 0 saturated heterocycles. The zero-order valence-corrected chi connectivity index (χ0v) is 8.87. The van der Waals surface area contributed by atoms with Crippen molar-refractivity contribution in [2.75, 3.05) is 6.54 Å². The van der Waals surface area contributed by atoms with E-state index in [2.05, 4.69) is 42.9 Å². The van der Waals surface area contributed by atoms with Crippen molar-refractivity contribution < 1.29 is 0 Å². The molecule has 1 N–H and O–H groups in total. The molecule has 1 nitrogen and oxygen atoms in total. The van der Waals surface area contributed by atoms with Gasteiger partial charge in [0.25, 0.3) is 0 Å². The lowest BCUT2D eigenvalue weighted by atomic mass is 9.97. The fourth-order valence-corrected chi connectivity index (χ4v) is 1.64. The van der Waals surface area contributed by atoms with Crippen molar-refractivity contribution in [1.82, 2.24) is 5.32 Å². The van der Waals surface area contributed by atoms with E-state index in [4.69, 9.17) is 0 Å². The van der Waals surface area contributed by atoms with Gasteiger partial charge in [-0.1, -0.05) is 20.8 Å². The van der Waals surface area contributed by atoms with Crippen molar-refractivity contribution in [2.45, 2.75) is 27.3 Å². The van der Waals surface area contributed by atoms with Gasteiger partial charge in [0, 0.05) is 13.1 Å². The maximum atomic E-state index is 3.43. The minimum Gasteiger partial charge on any atom is -0.312 e. The van der Waals surface area contributed by atoms with Gasteiger partial charge >= 0.3 is 0 Å². The van der Waals surface area contributed by atoms with Gasteiger partial charge in [-0.05, 0) is 27.8 Å². The van der Waals surface area contributed by atoms with Crippen molar-refractivity contribution in [1.29, 1.82) is 0 Å². The predicted molar refractivity (Wildman–Crippen MR) is 55.5 cm³/mol. The molecule has 0 spiro atoms. The Labute approximate surface area is 78.8 Å². The van der Waals surface area contributed by atoms with Gasteiger partial charge in [0.15, 0.2) is 0 Å². The van der Waals surface area contributed by atoms with Gasteiger partial charge in [-0.15, -0.1) is 0 Å². The molecule has 0 fully saturated rings. The van der Waals surface area contributed by atoms with E-state index >= 15 is 0 Å². The first kappa shape index (κ1) is 9.75. The normalized spacial score (nSPS) is 11.9. The highest BCUT2D eigenvalue weighted by molar-refractivity contribution is 7.07. The Hall–Kier alpha value is -0.340. The molecule has 68 valence electrons. The third-order valence-electron chi connectivity index (χ3n) is 1.56. The van der Waals surface area contributed by atoms with Crippen molar-refractivity contribution >= 4 is 11.3 Å². The van der Waals surface area contributed by atoms with E-state index in [0.29, 0.717) is 5.41 Å². The Bertz CT molecular complexity index is 208. The molecule has 1 heterocycles.